The molecule has 0 radical (unpaired) electrons. The van der Waals surface area contributed by atoms with Crippen LogP contribution in [-0.4, -0.2) is 8.42 Å². The van der Waals surface area contributed by atoms with Crippen LogP contribution in [0.3, 0.4) is 0 Å². The Hall–Kier alpha value is -1.17. The molecule has 1 aromatic carbocycles. The van der Waals surface area contributed by atoms with Gasteiger partial charge in [-0.25, -0.2) is 13.1 Å². The number of hydrogen-bond donors (Lipinski definition) is 1. The molecular formula is C15H19NO2S2. The quantitative estimate of drug-likeness (QED) is 0.935. The molecule has 2 rings (SSSR count). The average Bonchev–Trinajstić information content (AvgIpc) is 2.78. The molecule has 0 fully saturated rings. The minimum absolute atomic E-state index is 0.222. The lowest BCUT2D eigenvalue weighted by Crippen LogP contribution is -2.27. The van der Waals surface area contributed by atoms with Crippen LogP contribution in [0, 0.1) is 20.8 Å². The molecule has 0 amide bonds. The summed E-state index contributed by atoms with van der Waals surface area (Å²) in [6.07, 6.45) is 0. The van der Waals surface area contributed by atoms with Crippen molar-refractivity contribution in [3.05, 3.63) is 51.2 Å². The van der Waals surface area contributed by atoms with Gasteiger partial charge in [0, 0.05) is 4.88 Å². The molecule has 1 aromatic heterocycles. The van der Waals surface area contributed by atoms with Crippen LogP contribution in [0.25, 0.3) is 0 Å². The average molecular weight is 309 g/mol. The predicted octanol–water partition coefficient (Wildman–Crippen LogP) is 3.71. The first-order valence-corrected chi connectivity index (χ1v) is 8.81. The van der Waals surface area contributed by atoms with Crippen LogP contribution in [0.15, 0.2) is 34.5 Å². The van der Waals surface area contributed by atoms with Crippen molar-refractivity contribution in [1.82, 2.24) is 4.72 Å². The zero-order valence-electron chi connectivity index (χ0n) is 12.1. The first kappa shape index (κ1) is 15.2. The van der Waals surface area contributed by atoms with E-state index >= 15 is 0 Å². The normalized spacial score (nSPS) is 13.4. The summed E-state index contributed by atoms with van der Waals surface area (Å²) in [4.78, 5) is 1.41. The van der Waals surface area contributed by atoms with E-state index < -0.39 is 10.0 Å². The third-order valence-corrected chi connectivity index (χ3v) is 6.08. The topological polar surface area (TPSA) is 46.2 Å². The second kappa shape index (κ2) is 5.68. The van der Waals surface area contributed by atoms with Gasteiger partial charge >= 0.3 is 0 Å². The van der Waals surface area contributed by atoms with Crippen molar-refractivity contribution in [2.24, 2.45) is 0 Å². The second-order valence-corrected chi connectivity index (χ2v) is 7.72. The van der Waals surface area contributed by atoms with Gasteiger partial charge in [-0.05, 0) is 50.3 Å². The molecule has 108 valence electrons. The Morgan fingerprint density at radius 3 is 2.25 bits per heavy atom. The van der Waals surface area contributed by atoms with Gasteiger partial charge in [-0.15, -0.1) is 11.3 Å². The lowest BCUT2D eigenvalue weighted by molar-refractivity contribution is 0.567. The van der Waals surface area contributed by atoms with Crippen LogP contribution in [0.1, 0.15) is 34.5 Å². The van der Waals surface area contributed by atoms with Crippen LogP contribution < -0.4 is 4.72 Å². The molecular weight excluding hydrogens is 290 g/mol. The summed E-state index contributed by atoms with van der Waals surface area (Å²) in [7, 11) is -3.51. The maximum absolute atomic E-state index is 12.6. The van der Waals surface area contributed by atoms with E-state index in [9.17, 15) is 8.42 Å². The summed E-state index contributed by atoms with van der Waals surface area (Å²) in [6.45, 7) is 7.51. The van der Waals surface area contributed by atoms with Crippen molar-refractivity contribution in [2.75, 3.05) is 0 Å². The Morgan fingerprint density at radius 1 is 1.15 bits per heavy atom. The Labute approximate surface area is 124 Å². The SMILES string of the molecule is Cc1cc(C)c(S(=O)(=O)N[C@H](C)c2cccs2)c(C)c1. The fraction of sp³-hybridized carbons (Fsp3) is 0.333. The third-order valence-electron chi connectivity index (χ3n) is 3.18. The van der Waals surface area contributed by atoms with Crippen molar-refractivity contribution in [3.8, 4) is 0 Å². The molecule has 5 heteroatoms. The van der Waals surface area contributed by atoms with Gasteiger partial charge in [0.25, 0.3) is 0 Å². The molecule has 0 saturated heterocycles. The van der Waals surface area contributed by atoms with Crippen molar-refractivity contribution < 1.29 is 8.42 Å². The van der Waals surface area contributed by atoms with Gasteiger partial charge in [0.15, 0.2) is 0 Å². The Kier molecular flexibility index (Phi) is 4.32. The summed E-state index contributed by atoms with van der Waals surface area (Å²) in [5, 5.41) is 1.95. The van der Waals surface area contributed by atoms with Gasteiger partial charge < -0.3 is 0 Å². The summed E-state index contributed by atoms with van der Waals surface area (Å²) in [6, 6.07) is 7.44. The summed E-state index contributed by atoms with van der Waals surface area (Å²) in [5.74, 6) is 0. The van der Waals surface area contributed by atoms with E-state index in [4.69, 9.17) is 0 Å². The molecule has 0 bridgehead atoms. The zero-order valence-corrected chi connectivity index (χ0v) is 13.7. The first-order chi connectivity index (χ1) is 9.31. The van der Waals surface area contributed by atoms with Gasteiger partial charge in [-0.2, -0.15) is 0 Å². The summed E-state index contributed by atoms with van der Waals surface area (Å²) < 4.78 is 27.9. The standard InChI is InChI=1S/C15H19NO2S2/c1-10-8-11(2)15(12(3)9-10)20(17,18)16-13(4)14-6-5-7-19-14/h5-9,13,16H,1-4H3/t13-/m1/s1. The van der Waals surface area contributed by atoms with E-state index in [1.807, 2.05) is 57.3 Å². The molecule has 1 atom stereocenters. The van der Waals surface area contributed by atoms with Crippen LogP contribution >= 0.6 is 11.3 Å². The minimum Gasteiger partial charge on any atom is -0.207 e. The van der Waals surface area contributed by atoms with Gasteiger partial charge in [0.05, 0.1) is 10.9 Å². The summed E-state index contributed by atoms with van der Waals surface area (Å²) >= 11 is 1.55. The molecule has 3 nitrogen and oxygen atoms in total. The molecule has 0 aliphatic heterocycles. The molecule has 0 aliphatic carbocycles. The molecule has 0 aliphatic rings. The Bertz CT molecular complexity index is 680. The maximum Gasteiger partial charge on any atom is 0.241 e. The number of aryl methyl sites for hydroxylation is 3. The molecule has 0 unspecified atom stereocenters. The summed E-state index contributed by atoms with van der Waals surface area (Å²) in [5.41, 5.74) is 2.65. The number of hydrogen-bond acceptors (Lipinski definition) is 3. The maximum atomic E-state index is 12.6. The van der Waals surface area contributed by atoms with Gasteiger partial charge in [-0.3, -0.25) is 0 Å². The largest absolute Gasteiger partial charge is 0.241 e. The van der Waals surface area contributed by atoms with Crippen LogP contribution in [0.5, 0.6) is 0 Å². The van der Waals surface area contributed by atoms with E-state index in [0.29, 0.717) is 4.90 Å². The highest BCUT2D eigenvalue weighted by Gasteiger charge is 2.22. The van der Waals surface area contributed by atoms with Gasteiger partial charge in [0.2, 0.25) is 10.0 Å². The number of nitrogens with one attached hydrogen (secondary N) is 1. The molecule has 1 N–H and O–H groups in total. The van der Waals surface area contributed by atoms with Crippen LogP contribution in [0.4, 0.5) is 0 Å². The molecule has 1 heterocycles. The van der Waals surface area contributed by atoms with E-state index in [-0.39, 0.29) is 6.04 Å². The first-order valence-electron chi connectivity index (χ1n) is 6.45. The van der Waals surface area contributed by atoms with Crippen molar-refractivity contribution in [3.63, 3.8) is 0 Å². The predicted molar refractivity (Wildman–Crippen MR) is 83.7 cm³/mol. The van der Waals surface area contributed by atoms with Crippen molar-refractivity contribution >= 4 is 21.4 Å². The van der Waals surface area contributed by atoms with Gasteiger partial charge in [0.1, 0.15) is 0 Å². The minimum atomic E-state index is -3.51. The second-order valence-electron chi connectivity index (χ2n) is 5.09. The highest BCUT2D eigenvalue weighted by Crippen LogP contribution is 2.25. The van der Waals surface area contributed by atoms with Crippen molar-refractivity contribution in [1.29, 1.82) is 0 Å². The zero-order chi connectivity index (χ0) is 14.9. The Morgan fingerprint density at radius 2 is 1.75 bits per heavy atom. The Balaban J connectivity index is 2.37. The van der Waals surface area contributed by atoms with Crippen LogP contribution in [0.2, 0.25) is 0 Å². The third kappa shape index (κ3) is 3.11. The molecule has 0 saturated carbocycles. The van der Waals surface area contributed by atoms with Gasteiger partial charge in [-0.1, -0.05) is 23.8 Å². The lowest BCUT2D eigenvalue weighted by atomic mass is 10.1. The molecule has 20 heavy (non-hydrogen) atoms. The molecule has 2 aromatic rings. The number of benzene rings is 1. The fourth-order valence-electron chi connectivity index (χ4n) is 2.48. The molecule has 0 spiro atoms. The van der Waals surface area contributed by atoms with E-state index in [0.717, 1.165) is 21.6 Å². The highest BCUT2D eigenvalue weighted by molar-refractivity contribution is 7.89. The highest BCUT2D eigenvalue weighted by atomic mass is 32.2. The number of sulfonamides is 1. The van der Waals surface area contributed by atoms with E-state index in [1.165, 1.54) is 0 Å². The van der Waals surface area contributed by atoms with Crippen LogP contribution in [-0.2, 0) is 10.0 Å². The lowest BCUT2D eigenvalue weighted by Gasteiger charge is -2.16. The monoisotopic (exact) mass is 309 g/mol. The number of rotatable bonds is 4. The van der Waals surface area contributed by atoms with E-state index in [1.54, 1.807) is 11.3 Å². The fourth-order valence-corrected chi connectivity index (χ4v) is 4.96. The van der Waals surface area contributed by atoms with E-state index in [2.05, 4.69) is 4.72 Å². The van der Waals surface area contributed by atoms with Crippen molar-refractivity contribution in [2.45, 2.75) is 38.6 Å². The smallest absolute Gasteiger partial charge is 0.207 e. The number of thiophene rings is 1.